The average molecular weight is 1380 g/mol. The summed E-state index contributed by atoms with van der Waals surface area (Å²) < 4.78 is 23.2. The minimum Gasteiger partial charge on any atom is -0.477 e. The molecule has 14 N–H and O–H groups in total. The van der Waals surface area contributed by atoms with Crippen LogP contribution in [0.1, 0.15) is 168 Å². The Kier molecular flexibility index (Phi) is 32.1. The zero-order chi connectivity index (χ0) is 68.0. The van der Waals surface area contributed by atoms with Crippen LogP contribution in [0.4, 0.5) is 0 Å². The maximum Gasteiger partial charge on any atom is 1.00 e. The van der Waals surface area contributed by atoms with Crippen molar-refractivity contribution in [1.29, 1.82) is 0 Å². The van der Waals surface area contributed by atoms with Gasteiger partial charge in [-0.3, -0.25) is 28.8 Å². The van der Waals surface area contributed by atoms with Crippen molar-refractivity contribution >= 4 is 70.9 Å². The fourth-order valence-electron chi connectivity index (χ4n) is 12.3. The molecule has 2 saturated heterocycles. The van der Waals surface area contributed by atoms with Crippen molar-refractivity contribution < 1.29 is 128 Å². The minimum atomic E-state index is -2.47. The van der Waals surface area contributed by atoms with Crippen LogP contribution in [0.2, 0.25) is 0 Å². The second-order valence-corrected chi connectivity index (χ2v) is 26.9. The second kappa shape index (κ2) is 38.8. The summed E-state index contributed by atoms with van der Waals surface area (Å²) in [5, 5.41) is 103. The van der Waals surface area contributed by atoms with Crippen LogP contribution in [-0.4, -0.2) is 223 Å². The number of amides is 6. The van der Waals surface area contributed by atoms with Gasteiger partial charge in [-0.1, -0.05) is 62.8 Å². The first-order chi connectivity index (χ1) is 45.0. The van der Waals surface area contributed by atoms with Gasteiger partial charge in [0.15, 0.2) is 0 Å². The Balaban J connectivity index is 0.0000143. The van der Waals surface area contributed by atoms with Crippen LogP contribution in [0, 0.1) is 0 Å². The molecule has 3 aromatic carbocycles. The Labute approximate surface area is 583 Å². The first-order valence-corrected chi connectivity index (χ1v) is 34.6. The summed E-state index contributed by atoms with van der Waals surface area (Å²) in [6, 6.07) is 17.7. The Morgan fingerprint density at radius 3 is 1.13 bits per heavy atom. The van der Waals surface area contributed by atoms with Gasteiger partial charge in [-0.05, 0) is 122 Å². The predicted octanol–water partition coefficient (Wildman–Crippen LogP) is -0.300. The molecule has 2 unspecified atom stereocenters. The number of hydrogen-bond acceptors (Lipinski definition) is 20. The van der Waals surface area contributed by atoms with Crippen molar-refractivity contribution in [1.82, 2.24) is 31.9 Å². The van der Waals surface area contributed by atoms with E-state index in [-0.39, 0.29) is 67.7 Å². The molecule has 29 heteroatoms. The predicted molar refractivity (Wildman–Crippen MR) is 347 cm³/mol. The molecule has 2 aliphatic carbocycles. The van der Waals surface area contributed by atoms with E-state index in [9.17, 15) is 79.2 Å². The Bertz CT molecular complexity index is 2790. The quantitative estimate of drug-likeness (QED) is 0.0270. The number of benzene rings is 3. The van der Waals surface area contributed by atoms with E-state index in [0.717, 1.165) is 76.3 Å². The number of ether oxygens (including phenoxy) is 4. The first-order valence-electron chi connectivity index (χ1n) is 32.3. The Hall–Kier alpha value is -5.28. The van der Waals surface area contributed by atoms with Gasteiger partial charge in [0.25, 0.3) is 35.2 Å². The molecule has 0 spiro atoms. The van der Waals surface area contributed by atoms with Gasteiger partial charge in [0.1, 0.15) is 24.4 Å². The zero-order valence-electron chi connectivity index (χ0n) is 54.1. The molecule has 4 aliphatic rings. The third-order valence-corrected chi connectivity index (χ3v) is 19.6. The summed E-state index contributed by atoms with van der Waals surface area (Å²) in [7, 11) is 0. The largest absolute Gasteiger partial charge is 1.00 e. The SMILES string of the molecule is CC(=O)N[C@@H]1[C@@H](O)C[C@](OCCCSCCNC(=O)c2ccc(C(=O)NCCSCCCO[C@]3(C(=O)O)C[C@H](O)[C@@H](NC(C)=O)[C@H](C(O)[C@H](O)CNC(=O)c4ccc(C5CCCCC5)cc4)O3)cc2)(C(=O)O)O[C@H]1C(O)[C@H](O)CNC(=O)c1ccc(C2CCCCC2)cc1.[Na+]. The number of carboxylic acids is 2. The van der Waals surface area contributed by atoms with Crippen LogP contribution in [0.5, 0.6) is 0 Å². The van der Waals surface area contributed by atoms with Gasteiger partial charge in [-0.25, -0.2) is 9.59 Å². The topological polar surface area (TPSA) is 408 Å². The molecule has 95 heavy (non-hydrogen) atoms. The minimum absolute atomic E-state index is 0. The van der Waals surface area contributed by atoms with Gasteiger partial charge in [0.05, 0.1) is 49.7 Å². The van der Waals surface area contributed by atoms with Crippen molar-refractivity contribution in [2.45, 2.75) is 188 Å². The molecular weight excluding hydrogens is 1280 g/mol. The summed E-state index contributed by atoms with van der Waals surface area (Å²) in [6.45, 7) is 1.55. The van der Waals surface area contributed by atoms with E-state index in [2.05, 4.69) is 31.9 Å². The summed E-state index contributed by atoms with van der Waals surface area (Å²) in [5.74, 6) is -8.52. The number of hydrogen-bond donors (Lipinski definition) is 14. The first kappa shape index (κ1) is 78.7. The van der Waals surface area contributed by atoms with Crippen LogP contribution < -0.4 is 61.5 Å². The van der Waals surface area contributed by atoms with Crippen molar-refractivity contribution in [3.8, 4) is 0 Å². The normalized spacial score (nSPS) is 24.5. The van der Waals surface area contributed by atoms with Crippen LogP contribution >= 0.6 is 23.5 Å². The molecule has 0 bridgehead atoms. The molecule has 0 aromatic heterocycles. The van der Waals surface area contributed by atoms with Crippen LogP contribution in [0.25, 0.3) is 0 Å². The molecule has 6 amide bonds. The number of carbonyl (C=O) groups is 8. The number of rotatable bonds is 34. The van der Waals surface area contributed by atoms with Crippen LogP contribution in [-0.2, 0) is 38.1 Å². The van der Waals surface area contributed by atoms with Gasteiger partial charge >= 0.3 is 41.5 Å². The average Bonchev–Trinajstić information content (AvgIpc) is 0.777. The number of nitrogens with one attached hydrogen (secondary N) is 6. The number of aliphatic carboxylic acids is 2. The number of carboxylic acid groups (broad SMARTS) is 2. The Morgan fingerprint density at radius 1 is 0.495 bits per heavy atom. The molecule has 7 rings (SSSR count). The van der Waals surface area contributed by atoms with Crippen LogP contribution in [0.15, 0.2) is 72.8 Å². The molecule has 2 saturated carbocycles. The van der Waals surface area contributed by atoms with E-state index in [4.69, 9.17) is 18.9 Å². The van der Waals surface area contributed by atoms with Gasteiger partial charge in [0.2, 0.25) is 11.8 Å². The smallest absolute Gasteiger partial charge is 0.477 e. The molecule has 2 aliphatic heterocycles. The number of carbonyl (C=O) groups excluding carboxylic acids is 6. The standard InChI is InChI=1S/C66H92N6O20S2.Na/c1-39(73)71-53-49(75)35-65(63(85)86,91-57(53)55(79)51(77)37-69-61(83)47-19-15-43(16-20-47)41-11-5-3-6-12-41)89-29-9-31-93-33-27-67-59(81)45-23-25-46(26-24-45)60(82)68-28-34-94-32-10-30-90-66(64(87)88)36-50(76)54(72-40(2)74)58(92-66)56(80)52(78)38-70-62(84)48-21-17-44(18-22-48)42-13-7-4-8-14-42;/h15-26,41-42,49-58,75-80H,3-14,27-38H2,1-2H3,(H,67,81)(H,68,82)(H,69,83)(H,70,84)(H,71,73)(H,72,74)(H,85,86)(H,87,88);/q;+1/t49-,50-,51+,52+,53+,54+,55?,56?,57+,58+,65+,66+;/m0./s1. The zero-order valence-corrected chi connectivity index (χ0v) is 57.8. The van der Waals surface area contributed by atoms with Crippen LogP contribution in [0.3, 0.4) is 0 Å². The third kappa shape index (κ3) is 22.9. The van der Waals surface area contributed by atoms with E-state index in [1.807, 2.05) is 24.3 Å². The van der Waals surface area contributed by atoms with Crippen molar-refractivity contribution in [3.05, 3.63) is 106 Å². The van der Waals surface area contributed by atoms with E-state index >= 15 is 0 Å². The number of thioether (sulfide) groups is 2. The monoisotopic (exact) mass is 1380 g/mol. The third-order valence-electron chi connectivity index (χ3n) is 17.5. The van der Waals surface area contributed by atoms with Gasteiger partial charge < -0.3 is 91.7 Å². The van der Waals surface area contributed by atoms with Gasteiger partial charge in [0, 0.05) is 86.6 Å². The van der Waals surface area contributed by atoms with E-state index in [1.165, 1.54) is 60.6 Å². The fourth-order valence-corrected chi connectivity index (χ4v) is 13.9. The molecule has 26 nitrogen and oxygen atoms in total. The summed E-state index contributed by atoms with van der Waals surface area (Å²) in [5.41, 5.74) is 3.58. The maximum absolute atomic E-state index is 13.0. The fraction of sp³-hybridized carbons (Fsp3) is 0.606. The van der Waals surface area contributed by atoms with Crippen molar-refractivity contribution in [2.75, 3.05) is 62.4 Å². The second-order valence-electron chi connectivity index (χ2n) is 24.4. The van der Waals surface area contributed by atoms with Crippen molar-refractivity contribution in [3.63, 3.8) is 0 Å². The van der Waals surface area contributed by atoms with Crippen molar-refractivity contribution in [2.24, 2.45) is 0 Å². The summed E-state index contributed by atoms with van der Waals surface area (Å²) in [6.07, 6.45) is -3.05. The molecule has 3 aromatic rings. The van der Waals surface area contributed by atoms with E-state index < -0.39 is 134 Å². The number of aliphatic hydroxyl groups excluding tert-OH is 6. The summed E-state index contributed by atoms with van der Waals surface area (Å²) >= 11 is 2.86. The molecule has 518 valence electrons. The van der Waals surface area contributed by atoms with E-state index in [0.29, 0.717) is 69.9 Å². The molecular formula is C66H92N6NaO20S2+. The van der Waals surface area contributed by atoms with E-state index in [1.54, 1.807) is 24.3 Å². The summed E-state index contributed by atoms with van der Waals surface area (Å²) in [4.78, 5) is 102. The Morgan fingerprint density at radius 2 is 0.811 bits per heavy atom. The maximum atomic E-state index is 13.0. The molecule has 4 fully saturated rings. The molecule has 0 radical (unpaired) electrons. The number of aliphatic hydroxyl groups is 6. The molecule has 12 atom stereocenters. The van der Waals surface area contributed by atoms with Gasteiger partial charge in [-0.2, -0.15) is 23.5 Å². The van der Waals surface area contributed by atoms with Gasteiger partial charge in [-0.15, -0.1) is 0 Å². The molecule has 2 heterocycles.